The van der Waals surface area contributed by atoms with E-state index in [-0.39, 0.29) is 11.9 Å². The fraction of sp³-hybridized carbons (Fsp3) is 0.467. The third kappa shape index (κ3) is 4.01. The maximum Gasteiger partial charge on any atom is 0.311 e. The molecule has 21 heavy (non-hydrogen) atoms. The summed E-state index contributed by atoms with van der Waals surface area (Å²) >= 11 is 4.81. The molecule has 1 aliphatic rings. The van der Waals surface area contributed by atoms with Crippen molar-refractivity contribution >= 4 is 39.6 Å². The maximum atomic E-state index is 12.0. The molecule has 2 N–H and O–H groups in total. The average Bonchev–Trinajstić information content (AvgIpc) is 2.81. The fourth-order valence-electron chi connectivity index (χ4n) is 2.57. The van der Waals surface area contributed by atoms with Crippen molar-refractivity contribution in [3.63, 3.8) is 0 Å². The third-order valence-electron chi connectivity index (χ3n) is 3.97. The number of benzene rings is 1. The van der Waals surface area contributed by atoms with E-state index in [4.69, 9.17) is 0 Å². The summed E-state index contributed by atoms with van der Waals surface area (Å²) in [4.78, 5) is 24.4. The normalized spacial score (nSPS) is 24.8. The molecule has 2 unspecified atom stereocenters. The van der Waals surface area contributed by atoms with Crippen LogP contribution in [-0.4, -0.2) is 28.8 Å². The van der Waals surface area contributed by atoms with Crippen molar-refractivity contribution in [2.75, 3.05) is 5.75 Å². The average molecular weight is 372 g/mol. The highest BCUT2D eigenvalue weighted by molar-refractivity contribution is 9.10. The van der Waals surface area contributed by atoms with Crippen molar-refractivity contribution in [3.8, 4) is 0 Å². The van der Waals surface area contributed by atoms with Gasteiger partial charge >= 0.3 is 5.97 Å². The van der Waals surface area contributed by atoms with E-state index in [1.807, 2.05) is 24.3 Å². The minimum Gasteiger partial charge on any atom is -0.481 e. The van der Waals surface area contributed by atoms with Crippen molar-refractivity contribution < 1.29 is 14.7 Å². The van der Waals surface area contributed by atoms with Crippen LogP contribution in [0.4, 0.5) is 0 Å². The molecule has 0 heterocycles. The standard InChI is InChI=1S/C15H18BrNO3S/c1-15(14(19)20)8-2-3-12(15)17-13(18)9-21-11-6-4-10(16)5-7-11/h4-7,12H,2-3,8-9H2,1H3,(H,17,18)(H,19,20). The van der Waals surface area contributed by atoms with Crippen molar-refractivity contribution in [2.24, 2.45) is 5.41 Å². The molecule has 0 aliphatic heterocycles. The van der Waals surface area contributed by atoms with Crippen LogP contribution in [0.2, 0.25) is 0 Å². The fourth-order valence-corrected chi connectivity index (χ4v) is 3.54. The van der Waals surface area contributed by atoms with Gasteiger partial charge in [0.05, 0.1) is 11.2 Å². The molecule has 2 atom stereocenters. The molecule has 1 aromatic carbocycles. The zero-order chi connectivity index (χ0) is 15.5. The van der Waals surface area contributed by atoms with Gasteiger partial charge in [-0.25, -0.2) is 0 Å². The second-order valence-corrected chi connectivity index (χ2v) is 7.44. The quantitative estimate of drug-likeness (QED) is 0.779. The molecule has 1 aromatic rings. The van der Waals surface area contributed by atoms with Gasteiger partial charge in [0.15, 0.2) is 0 Å². The van der Waals surface area contributed by atoms with Crippen LogP contribution in [0, 0.1) is 5.41 Å². The summed E-state index contributed by atoms with van der Waals surface area (Å²) in [6.45, 7) is 1.72. The molecule has 0 radical (unpaired) electrons. The van der Waals surface area contributed by atoms with Gasteiger partial charge in [0, 0.05) is 15.4 Å². The SMILES string of the molecule is CC1(C(=O)O)CCCC1NC(=O)CSc1ccc(Br)cc1. The second kappa shape index (κ2) is 6.83. The molecule has 6 heteroatoms. The number of halogens is 1. The van der Waals surface area contributed by atoms with E-state index < -0.39 is 11.4 Å². The lowest BCUT2D eigenvalue weighted by Gasteiger charge is -2.27. The van der Waals surface area contributed by atoms with Gasteiger partial charge in [-0.15, -0.1) is 11.8 Å². The number of carboxylic acids is 1. The van der Waals surface area contributed by atoms with Crippen LogP contribution in [0.3, 0.4) is 0 Å². The lowest BCUT2D eigenvalue weighted by Crippen LogP contribution is -2.47. The molecule has 4 nitrogen and oxygen atoms in total. The van der Waals surface area contributed by atoms with Crippen LogP contribution in [0.15, 0.2) is 33.6 Å². The monoisotopic (exact) mass is 371 g/mol. The molecule has 1 fully saturated rings. The Balaban J connectivity index is 1.87. The number of carbonyl (C=O) groups is 2. The Morgan fingerprint density at radius 2 is 2.10 bits per heavy atom. The number of nitrogens with one attached hydrogen (secondary N) is 1. The molecule has 0 saturated heterocycles. The molecule has 0 aromatic heterocycles. The van der Waals surface area contributed by atoms with E-state index in [9.17, 15) is 14.7 Å². The summed E-state index contributed by atoms with van der Waals surface area (Å²) in [5.74, 6) is -0.637. The molecular formula is C15H18BrNO3S. The number of amides is 1. The number of thioether (sulfide) groups is 1. The first-order valence-electron chi connectivity index (χ1n) is 6.83. The lowest BCUT2D eigenvalue weighted by molar-refractivity contribution is -0.149. The molecular weight excluding hydrogens is 354 g/mol. The number of rotatable bonds is 5. The van der Waals surface area contributed by atoms with Gasteiger partial charge < -0.3 is 10.4 Å². The number of hydrogen-bond donors (Lipinski definition) is 2. The van der Waals surface area contributed by atoms with Crippen molar-refractivity contribution in [3.05, 3.63) is 28.7 Å². The molecule has 114 valence electrons. The maximum absolute atomic E-state index is 12.0. The van der Waals surface area contributed by atoms with Gasteiger partial charge in [-0.3, -0.25) is 9.59 Å². The predicted molar refractivity (Wildman–Crippen MR) is 86.4 cm³/mol. The van der Waals surface area contributed by atoms with Crippen LogP contribution in [-0.2, 0) is 9.59 Å². The first-order chi connectivity index (χ1) is 9.91. The Kier molecular flexibility index (Phi) is 5.32. The molecule has 0 spiro atoms. The van der Waals surface area contributed by atoms with Gasteiger partial charge in [-0.1, -0.05) is 22.4 Å². The van der Waals surface area contributed by atoms with Crippen molar-refractivity contribution in [1.29, 1.82) is 0 Å². The molecule has 2 rings (SSSR count). The number of aliphatic carboxylic acids is 1. The van der Waals surface area contributed by atoms with E-state index in [0.717, 1.165) is 22.2 Å². The van der Waals surface area contributed by atoms with Crippen LogP contribution in [0.25, 0.3) is 0 Å². The van der Waals surface area contributed by atoms with Crippen LogP contribution in [0.5, 0.6) is 0 Å². The lowest BCUT2D eigenvalue weighted by atomic mass is 9.85. The summed E-state index contributed by atoms with van der Waals surface area (Å²) in [7, 11) is 0. The summed E-state index contributed by atoms with van der Waals surface area (Å²) in [6, 6.07) is 7.48. The van der Waals surface area contributed by atoms with Gasteiger partial charge in [-0.05, 0) is 44.0 Å². The minimum atomic E-state index is -0.835. The zero-order valence-electron chi connectivity index (χ0n) is 11.8. The highest BCUT2D eigenvalue weighted by Crippen LogP contribution is 2.38. The van der Waals surface area contributed by atoms with E-state index >= 15 is 0 Å². The molecule has 0 bridgehead atoms. The number of hydrogen-bond acceptors (Lipinski definition) is 3. The minimum absolute atomic E-state index is 0.109. The van der Waals surface area contributed by atoms with Crippen molar-refractivity contribution in [1.82, 2.24) is 5.32 Å². The van der Waals surface area contributed by atoms with E-state index in [0.29, 0.717) is 12.2 Å². The van der Waals surface area contributed by atoms with E-state index in [1.54, 1.807) is 6.92 Å². The van der Waals surface area contributed by atoms with Crippen LogP contribution in [0.1, 0.15) is 26.2 Å². The first kappa shape index (κ1) is 16.4. The van der Waals surface area contributed by atoms with E-state index in [1.165, 1.54) is 11.8 Å². The Morgan fingerprint density at radius 1 is 1.43 bits per heavy atom. The van der Waals surface area contributed by atoms with Gasteiger partial charge in [-0.2, -0.15) is 0 Å². The summed E-state index contributed by atoms with van der Waals surface area (Å²) < 4.78 is 1.000. The topological polar surface area (TPSA) is 66.4 Å². The van der Waals surface area contributed by atoms with Crippen LogP contribution >= 0.6 is 27.7 Å². The van der Waals surface area contributed by atoms with Crippen molar-refractivity contribution in [2.45, 2.75) is 37.1 Å². The predicted octanol–water partition coefficient (Wildman–Crippen LogP) is 3.30. The highest BCUT2D eigenvalue weighted by atomic mass is 79.9. The Labute approximate surface area is 136 Å². The Morgan fingerprint density at radius 3 is 2.71 bits per heavy atom. The molecule has 1 saturated carbocycles. The zero-order valence-corrected chi connectivity index (χ0v) is 14.2. The smallest absolute Gasteiger partial charge is 0.311 e. The number of carboxylic acid groups (broad SMARTS) is 1. The first-order valence-corrected chi connectivity index (χ1v) is 8.61. The van der Waals surface area contributed by atoms with Gasteiger partial charge in [0.25, 0.3) is 0 Å². The Hall–Kier alpha value is -1.01. The second-order valence-electron chi connectivity index (χ2n) is 5.48. The highest BCUT2D eigenvalue weighted by Gasteiger charge is 2.45. The molecule has 1 aliphatic carbocycles. The summed E-state index contributed by atoms with van der Waals surface area (Å²) in [5.41, 5.74) is -0.835. The number of carbonyl (C=O) groups excluding carboxylic acids is 1. The molecule has 1 amide bonds. The van der Waals surface area contributed by atoms with E-state index in [2.05, 4.69) is 21.2 Å². The summed E-state index contributed by atoms with van der Waals surface area (Å²) in [6.07, 6.45) is 2.19. The summed E-state index contributed by atoms with van der Waals surface area (Å²) in [5, 5.41) is 12.2. The third-order valence-corrected chi connectivity index (χ3v) is 5.51. The largest absolute Gasteiger partial charge is 0.481 e. The van der Waals surface area contributed by atoms with Crippen LogP contribution < -0.4 is 5.32 Å². The van der Waals surface area contributed by atoms with Gasteiger partial charge in [0.2, 0.25) is 5.91 Å². The Bertz CT molecular complexity index is 534. The van der Waals surface area contributed by atoms with Gasteiger partial charge in [0.1, 0.15) is 0 Å².